The first-order valence-corrected chi connectivity index (χ1v) is 23.0. The number of hydrogen-bond donors (Lipinski definition) is 0. The van der Waals surface area contributed by atoms with Crippen molar-refractivity contribution < 1.29 is 0 Å². The molecule has 14 rings (SSSR count). The van der Waals surface area contributed by atoms with E-state index in [1.807, 2.05) is 0 Å². The van der Waals surface area contributed by atoms with Crippen molar-refractivity contribution in [3.8, 4) is 67.0 Å². The van der Waals surface area contributed by atoms with Crippen LogP contribution in [0.4, 0.5) is 0 Å². The Balaban J connectivity index is 1.13. The Morgan fingerprint density at radius 2 is 0.677 bits per heavy atom. The van der Waals surface area contributed by atoms with Gasteiger partial charge in [-0.1, -0.05) is 220 Å². The average Bonchev–Trinajstić information content (AvgIpc) is 3.92. The summed E-state index contributed by atoms with van der Waals surface area (Å²) >= 11 is 0. The Kier molecular flexibility index (Phi) is 7.37. The number of nitrogens with zero attached hydrogens (tertiary/aromatic N) is 1. The van der Waals surface area contributed by atoms with E-state index in [1.165, 1.54) is 94.6 Å². The van der Waals surface area contributed by atoms with Gasteiger partial charge in [0.2, 0.25) is 0 Å². The van der Waals surface area contributed by atoms with E-state index in [4.69, 9.17) is 4.98 Å². The van der Waals surface area contributed by atoms with Crippen molar-refractivity contribution in [3.05, 3.63) is 280 Å². The Labute approximate surface area is 380 Å². The van der Waals surface area contributed by atoms with Crippen LogP contribution in [0.3, 0.4) is 0 Å². The number of fused-ring (bicyclic) bond motifs is 19. The molecule has 9 aromatic carbocycles. The summed E-state index contributed by atoms with van der Waals surface area (Å²) in [7, 11) is 0. The van der Waals surface area contributed by atoms with E-state index in [1.54, 1.807) is 0 Å². The molecule has 1 heteroatoms. The van der Waals surface area contributed by atoms with Gasteiger partial charge in [-0.25, -0.2) is 4.98 Å². The van der Waals surface area contributed by atoms with Crippen LogP contribution in [0, 0.1) is 0 Å². The maximum atomic E-state index is 5.77. The van der Waals surface area contributed by atoms with Crippen molar-refractivity contribution in [2.75, 3.05) is 0 Å². The monoisotopic (exact) mass is 825 g/mol. The van der Waals surface area contributed by atoms with Crippen molar-refractivity contribution in [3.63, 3.8) is 0 Å². The third-order valence-electron chi connectivity index (χ3n) is 15.6. The Bertz CT molecular complexity index is 3550. The first-order valence-electron chi connectivity index (χ1n) is 23.0. The van der Waals surface area contributed by atoms with Gasteiger partial charge >= 0.3 is 0 Å². The highest BCUT2D eigenvalue weighted by Crippen LogP contribution is 2.68. The lowest BCUT2D eigenvalue weighted by Crippen LogP contribution is -2.44. The second-order valence-corrected chi connectivity index (χ2v) is 18.9. The smallest absolute Gasteiger partial charge is 0.0726 e. The lowest BCUT2D eigenvalue weighted by atomic mass is 9.51. The van der Waals surface area contributed by atoms with Gasteiger partial charge in [0, 0.05) is 16.5 Å². The normalized spacial score (nSPS) is 15.3. The Morgan fingerprint density at radius 3 is 1.26 bits per heavy atom. The second kappa shape index (κ2) is 13.1. The fourth-order valence-electron chi connectivity index (χ4n) is 13.0. The van der Waals surface area contributed by atoms with Crippen LogP contribution in [-0.4, -0.2) is 4.98 Å². The minimum atomic E-state index is -0.638. The molecule has 0 saturated carbocycles. The molecule has 0 atom stereocenters. The molecule has 0 bridgehead atoms. The predicted molar refractivity (Wildman–Crippen MR) is 266 cm³/mol. The number of aromatic nitrogens is 1. The molecule has 2 spiro atoms. The summed E-state index contributed by atoms with van der Waals surface area (Å²) in [5, 5.41) is 0. The molecule has 1 aromatic heterocycles. The van der Waals surface area contributed by atoms with E-state index in [0.717, 1.165) is 28.1 Å². The highest BCUT2D eigenvalue weighted by molar-refractivity contribution is 5.96. The Hall–Kier alpha value is -7.87. The van der Waals surface area contributed by atoms with Gasteiger partial charge in [-0.2, -0.15) is 0 Å². The van der Waals surface area contributed by atoms with Crippen molar-refractivity contribution in [1.82, 2.24) is 4.98 Å². The molecule has 65 heavy (non-hydrogen) atoms. The van der Waals surface area contributed by atoms with Gasteiger partial charge in [-0.3, -0.25) is 0 Å². The Morgan fingerprint density at radius 1 is 0.262 bits per heavy atom. The van der Waals surface area contributed by atoms with Crippen LogP contribution < -0.4 is 0 Å². The maximum Gasteiger partial charge on any atom is 0.0726 e. The van der Waals surface area contributed by atoms with E-state index in [0.29, 0.717) is 0 Å². The van der Waals surface area contributed by atoms with Gasteiger partial charge in [-0.05, 0) is 118 Å². The molecule has 0 N–H and O–H groups in total. The quantitative estimate of drug-likeness (QED) is 0.173. The lowest BCUT2D eigenvalue weighted by Gasteiger charge is -2.49. The van der Waals surface area contributed by atoms with Crippen molar-refractivity contribution in [1.29, 1.82) is 0 Å². The molecule has 0 fully saturated rings. The largest absolute Gasteiger partial charge is 0.248 e. The van der Waals surface area contributed by atoms with Crippen LogP contribution in [0.2, 0.25) is 0 Å². The van der Waals surface area contributed by atoms with E-state index >= 15 is 0 Å². The number of benzene rings is 9. The summed E-state index contributed by atoms with van der Waals surface area (Å²) < 4.78 is 0. The van der Waals surface area contributed by atoms with Crippen LogP contribution in [0.1, 0.15) is 69.5 Å². The molecule has 0 amide bonds. The molecular formula is C64H43N. The molecule has 4 aliphatic rings. The standard InChI is InChI=1S/C64H43N/c1-62(2)50-27-11-6-21-43(50)48-36-35-41(37-58(48)62)42-38-59(40-19-4-3-5-20-40)65-60(39-42)49-26-18-34-57-61(49)64(53-30-14-9-24-46(53)47-25-10-15-31-54(47)64)56-33-17-16-32-55(56)63(57)51-28-12-7-22-44(51)45-23-8-13-29-52(45)63/h3-39H,1-2H3. The summed E-state index contributed by atoms with van der Waals surface area (Å²) in [6, 6.07) is 84.6. The van der Waals surface area contributed by atoms with Crippen LogP contribution in [-0.2, 0) is 16.2 Å². The fraction of sp³-hybridized carbons (Fsp3) is 0.0781. The van der Waals surface area contributed by atoms with Crippen LogP contribution in [0.15, 0.2) is 224 Å². The molecule has 304 valence electrons. The minimum absolute atomic E-state index is 0.121. The van der Waals surface area contributed by atoms with Gasteiger partial charge in [-0.15, -0.1) is 0 Å². The molecule has 0 unspecified atom stereocenters. The topological polar surface area (TPSA) is 12.9 Å². The summed E-state index contributed by atoms with van der Waals surface area (Å²) in [6.45, 7) is 4.74. The van der Waals surface area contributed by atoms with E-state index in [-0.39, 0.29) is 5.41 Å². The summed E-state index contributed by atoms with van der Waals surface area (Å²) in [5.41, 5.74) is 26.3. The molecular weight excluding hydrogens is 783 g/mol. The molecule has 0 aliphatic heterocycles. The average molecular weight is 826 g/mol. The van der Waals surface area contributed by atoms with Gasteiger partial charge in [0.15, 0.2) is 0 Å². The predicted octanol–water partition coefficient (Wildman–Crippen LogP) is 15.4. The molecule has 1 heterocycles. The summed E-state index contributed by atoms with van der Waals surface area (Å²) in [4.78, 5) is 5.77. The van der Waals surface area contributed by atoms with Crippen molar-refractivity contribution in [2.24, 2.45) is 0 Å². The van der Waals surface area contributed by atoms with Crippen LogP contribution >= 0.6 is 0 Å². The lowest BCUT2D eigenvalue weighted by molar-refractivity contribution is 0.634. The van der Waals surface area contributed by atoms with Crippen LogP contribution in [0.5, 0.6) is 0 Å². The molecule has 0 saturated heterocycles. The van der Waals surface area contributed by atoms with Gasteiger partial charge in [0.25, 0.3) is 0 Å². The third kappa shape index (κ3) is 4.60. The number of hydrogen-bond acceptors (Lipinski definition) is 1. The van der Waals surface area contributed by atoms with Crippen LogP contribution in [0.25, 0.3) is 67.0 Å². The van der Waals surface area contributed by atoms with E-state index in [9.17, 15) is 0 Å². The molecule has 0 radical (unpaired) electrons. The first-order chi connectivity index (χ1) is 32.0. The van der Waals surface area contributed by atoms with E-state index < -0.39 is 10.8 Å². The molecule has 10 aromatic rings. The second-order valence-electron chi connectivity index (χ2n) is 18.9. The zero-order valence-electron chi connectivity index (χ0n) is 36.3. The van der Waals surface area contributed by atoms with Crippen molar-refractivity contribution >= 4 is 0 Å². The summed E-state index contributed by atoms with van der Waals surface area (Å²) in [5.74, 6) is 0. The fourth-order valence-corrected chi connectivity index (χ4v) is 13.0. The van der Waals surface area contributed by atoms with Crippen molar-refractivity contribution in [2.45, 2.75) is 30.1 Å². The zero-order chi connectivity index (χ0) is 43.1. The number of rotatable bonds is 3. The first kappa shape index (κ1) is 36.6. The van der Waals surface area contributed by atoms with Gasteiger partial charge in [0.05, 0.1) is 22.2 Å². The maximum absolute atomic E-state index is 5.77. The SMILES string of the molecule is CC1(C)c2ccccc2-c2ccc(-c3cc(-c4ccccc4)nc(-c4cccc5c4C4(c6ccccc6-c6ccccc64)c4ccccc4C54c5ccccc5-c5ccccc54)c3)cc21. The molecule has 1 nitrogen and oxygen atoms in total. The summed E-state index contributed by atoms with van der Waals surface area (Å²) in [6.07, 6.45) is 0. The third-order valence-corrected chi connectivity index (χ3v) is 15.6. The van der Waals surface area contributed by atoms with Gasteiger partial charge in [0.1, 0.15) is 0 Å². The minimum Gasteiger partial charge on any atom is -0.248 e. The van der Waals surface area contributed by atoms with Gasteiger partial charge < -0.3 is 0 Å². The number of pyridine rings is 1. The van der Waals surface area contributed by atoms with E-state index in [2.05, 4.69) is 238 Å². The highest BCUT2D eigenvalue weighted by Gasteiger charge is 2.59. The zero-order valence-corrected chi connectivity index (χ0v) is 36.3. The molecule has 4 aliphatic carbocycles. The highest BCUT2D eigenvalue weighted by atomic mass is 14.7.